The first-order chi connectivity index (χ1) is 7.32. The number of aromatic nitrogens is 1. The van der Waals surface area contributed by atoms with Crippen molar-refractivity contribution in [3.05, 3.63) is 29.6 Å². The lowest BCUT2D eigenvalue weighted by Gasteiger charge is -2.47. The molecule has 0 unspecified atom stereocenters. The van der Waals surface area contributed by atoms with E-state index in [9.17, 15) is 10.2 Å². The van der Waals surface area contributed by atoms with Gasteiger partial charge in [-0.15, -0.1) is 0 Å². The van der Waals surface area contributed by atoms with Crippen molar-refractivity contribution in [2.75, 3.05) is 0 Å². The molecule has 0 saturated heterocycles. The monoisotopic (exact) mass is 221 g/mol. The zero-order chi connectivity index (χ0) is 12.0. The molecule has 0 amide bonds. The molecule has 0 bridgehead atoms. The molecule has 2 N–H and O–H groups in total. The van der Waals surface area contributed by atoms with E-state index in [2.05, 4.69) is 18.8 Å². The minimum Gasteiger partial charge on any atom is -0.390 e. The van der Waals surface area contributed by atoms with Crippen LogP contribution in [0.3, 0.4) is 0 Å². The predicted octanol–water partition coefficient (Wildman–Crippen LogP) is 1.94. The van der Waals surface area contributed by atoms with Crippen molar-refractivity contribution in [1.29, 1.82) is 0 Å². The molecule has 0 aromatic carbocycles. The Bertz CT molecular complexity index is 373. The minimum absolute atomic E-state index is 0.369. The number of hydrogen-bond donors (Lipinski definition) is 2. The van der Waals surface area contributed by atoms with Gasteiger partial charge in [-0.3, -0.25) is 4.98 Å². The van der Waals surface area contributed by atoms with Gasteiger partial charge < -0.3 is 10.2 Å². The Kier molecular flexibility index (Phi) is 2.55. The maximum atomic E-state index is 10.2. The van der Waals surface area contributed by atoms with Gasteiger partial charge in [0.25, 0.3) is 0 Å². The fourth-order valence-electron chi connectivity index (χ4n) is 2.41. The second kappa shape index (κ2) is 3.54. The average molecular weight is 221 g/mol. The van der Waals surface area contributed by atoms with E-state index in [4.69, 9.17) is 0 Å². The third kappa shape index (κ3) is 1.97. The van der Waals surface area contributed by atoms with E-state index < -0.39 is 11.2 Å². The van der Waals surface area contributed by atoms with Gasteiger partial charge in [0.2, 0.25) is 0 Å². The fourth-order valence-corrected chi connectivity index (χ4v) is 2.41. The first-order valence-corrected chi connectivity index (χ1v) is 5.74. The molecule has 1 fully saturated rings. The molecule has 1 saturated carbocycles. The summed E-state index contributed by atoms with van der Waals surface area (Å²) < 4.78 is 0. The summed E-state index contributed by atoms with van der Waals surface area (Å²) in [5.41, 5.74) is 0.161. The minimum atomic E-state index is -0.932. The third-order valence-corrected chi connectivity index (χ3v) is 3.28. The van der Waals surface area contributed by atoms with Gasteiger partial charge in [0.1, 0.15) is 5.60 Å². The van der Waals surface area contributed by atoms with Crippen LogP contribution in [0.2, 0.25) is 0 Å². The van der Waals surface area contributed by atoms with Crippen LogP contribution in [-0.2, 0) is 5.60 Å². The van der Waals surface area contributed by atoms with Crippen LogP contribution in [0.15, 0.2) is 18.3 Å². The molecule has 1 heterocycles. The summed E-state index contributed by atoms with van der Waals surface area (Å²) in [4.78, 5) is 4.30. The van der Waals surface area contributed by atoms with Crippen molar-refractivity contribution in [3.63, 3.8) is 0 Å². The van der Waals surface area contributed by atoms with E-state index in [1.54, 1.807) is 6.92 Å². The van der Waals surface area contributed by atoms with Gasteiger partial charge in [-0.25, -0.2) is 0 Å². The number of pyridine rings is 1. The molecule has 1 aromatic heterocycles. The van der Waals surface area contributed by atoms with Crippen LogP contribution in [0.25, 0.3) is 0 Å². The van der Waals surface area contributed by atoms with E-state index in [0.29, 0.717) is 24.5 Å². The summed E-state index contributed by atoms with van der Waals surface area (Å²) in [6, 6.07) is 3.86. The first-order valence-electron chi connectivity index (χ1n) is 5.74. The van der Waals surface area contributed by atoms with Gasteiger partial charge >= 0.3 is 0 Å². The number of rotatable bonds is 2. The summed E-state index contributed by atoms with van der Waals surface area (Å²) in [5.74, 6) is 0.445. The molecule has 3 nitrogen and oxygen atoms in total. The lowest BCUT2D eigenvalue weighted by molar-refractivity contribution is -0.178. The lowest BCUT2D eigenvalue weighted by Crippen LogP contribution is -2.53. The Labute approximate surface area is 96.2 Å². The molecular weight excluding hydrogens is 202 g/mol. The molecule has 3 heteroatoms. The van der Waals surface area contributed by atoms with Gasteiger partial charge in [0, 0.05) is 19.0 Å². The number of nitrogens with zero attached hydrogens (tertiary/aromatic N) is 1. The summed E-state index contributed by atoms with van der Waals surface area (Å²) >= 11 is 0. The Balaban J connectivity index is 2.17. The maximum Gasteiger partial charge on any atom is 0.112 e. The first kappa shape index (κ1) is 11.6. The number of aliphatic hydroxyl groups is 2. The summed E-state index contributed by atoms with van der Waals surface area (Å²) in [5, 5.41) is 19.9. The van der Waals surface area contributed by atoms with Crippen LogP contribution in [0.4, 0.5) is 0 Å². The standard InChI is InChI=1S/C13H19NO2/c1-9(2)10-4-5-11(14-6-10)13(16)7-12(3,15)8-13/h4-6,9,15-16H,7-8H2,1-3H3. The SMILES string of the molecule is CC(C)c1ccc(C2(O)CC(C)(O)C2)nc1. The molecular formula is C13H19NO2. The van der Waals surface area contributed by atoms with Crippen molar-refractivity contribution >= 4 is 0 Å². The lowest BCUT2D eigenvalue weighted by atomic mass is 9.66. The highest BCUT2D eigenvalue weighted by atomic mass is 16.3. The van der Waals surface area contributed by atoms with Gasteiger partial charge in [-0.1, -0.05) is 19.9 Å². The fraction of sp³-hybridized carbons (Fsp3) is 0.615. The molecule has 2 rings (SSSR count). The van der Waals surface area contributed by atoms with Crippen molar-refractivity contribution in [3.8, 4) is 0 Å². The molecule has 1 aliphatic rings. The number of hydrogen-bond acceptors (Lipinski definition) is 3. The Morgan fingerprint density at radius 2 is 1.88 bits per heavy atom. The topological polar surface area (TPSA) is 53.4 Å². The van der Waals surface area contributed by atoms with E-state index in [0.717, 1.165) is 0 Å². The third-order valence-electron chi connectivity index (χ3n) is 3.28. The van der Waals surface area contributed by atoms with Gasteiger partial charge in [0.15, 0.2) is 0 Å². The molecule has 1 aromatic rings. The van der Waals surface area contributed by atoms with Crippen LogP contribution in [0.1, 0.15) is 50.8 Å². The van der Waals surface area contributed by atoms with Crippen molar-refractivity contribution < 1.29 is 10.2 Å². The van der Waals surface area contributed by atoms with Crippen molar-refractivity contribution in [2.45, 2.75) is 50.7 Å². The summed E-state index contributed by atoms with van der Waals surface area (Å²) in [7, 11) is 0. The molecule has 1 aliphatic carbocycles. The Morgan fingerprint density at radius 1 is 1.25 bits per heavy atom. The summed E-state index contributed by atoms with van der Waals surface area (Å²) in [6.45, 7) is 5.96. The average Bonchev–Trinajstić information content (AvgIpc) is 2.14. The zero-order valence-electron chi connectivity index (χ0n) is 10.1. The smallest absolute Gasteiger partial charge is 0.112 e. The highest BCUT2D eigenvalue weighted by molar-refractivity contribution is 5.24. The van der Waals surface area contributed by atoms with E-state index in [1.807, 2.05) is 18.3 Å². The van der Waals surface area contributed by atoms with Crippen LogP contribution >= 0.6 is 0 Å². The highest BCUT2D eigenvalue weighted by Crippen LogP contribution is 2.47. The van der Waals surface area contributed by atoms with E-state index in [1.165, 1.54) is 5.56 Å². The Morgan fingerprint density at radius 3 is 2.25 bits per heavy atom. The maximum absolute atomic E-state index is 10.2. The second-order valence-electron chi connectivity index (χ2n) is 5.51. The van der Waals surface area contributed by atoms with Crippen LogP contribution < -0.4 is 0 Å². The quantitative estimate of drug-likeness (QED) is 0.802. The molecule has 88 valence electrons. The highest BCUT2D eigenvalue weighted by Gasteiger charge is 2.51. The largest absolute Gasteiger partial charge is 0.390 e. The molecule has 0 atom stereocenters. The normalized spacial score (nSPS) is 33.9. The predicted molar refractivity (Wildman–Crippen MR) is 62.1 cm³/mol. The van der Waals surface area contributed by atoms with E-state index in [-0.39, 0.29) is 0 Å². The molecule has 0 radical (unpaired) electrons. The molecule has 0 aliphatic heterocycles. The van der Waals surface area contributed by atoms with Crippen molar-refractivity contribution in [1.82, 2.24) is 4.98 Å². The van der Waals surface area contributed by atoms with Crippen LogP contribution in [-0.4, -0.2) is 20.8 Å². The van der Waals surface area contributed by atoms with Crippen molar-refractivity contribution in [2.24, 2.45) is 0 Å². The zero-order valence-corrected chi connectivity index (χ0v) is 10.1. The van der Waals surface area contributed by atoms with E-state index >= 15 is 0 Å². The summed E-state index contributed by atoms with van der Waals surface area (Å²) in [6.07, 6.45) is 2.55. The van der Waals surface area contributed by atoms with Crippen LogP contribution in [0.5, 0.6) is 0 Å². The molecule has 16 heavy (non-hydrogen) atoms. The van der Waals surface area contributed by atoms with Gasteiger partial charge in [-0.2, -0.15) is 0 Å². The molecule has 0 spiro atoms. The van der Waals surface area contributed by atoms with Crippen LogP contribution in [0, 0.1) is 0 Å². The Hall–Kier alpha value is -0.930. The second-order valence-corrected chi connectivity index (χ2v) is 5.51. The van der Waals surface area contributed by atoms with Gasteiger partial charge in [0.05, 0.1) is 11.3 Å². The van der Waals surface area contributed by atoms with Gasteiger partial charge in [-0.05, 0) is 24.5 Å².